The van der Waals surface area contributed by atoms with E-state index in [-0.39, 0.29) is 6.10 Å². The first-order valence-electron chi connectivity index (χ1n) is 6.30. The normalized spacial score (nSPS) is 19.0. The highest BCUT2D eigenvalue weighted by Crippen LogP contribution is 2.22. The molecule has 0 amide bonds. The Bertz CT molecular complexity index is 353. The summed E-state index contributed by atoms with van der Waals surface area (Å²) in [5.41, 5.74) is 0. The third-order valence-electron chi connectivity index (χ3n) is 3.12. The second-order valence-electron chi connectivity index (χ2n) is 4.50. The molecule has 2 rings (SSSR count). The smallest absolute Gasteiger partial charge is 0.236 e. The average Bonchev–Trinajstić information content (AvgIpc) is 2.88. The average molecular weight is 272 g/mol. The third-order valence-corrected chi connectivity index (χ3v) is 4.28. The molecule has 1 aromatic heterocycles. The van der Waals surface area contributed by atoms with Crippen molar-refractivity contribution in [1.82, 2.24) is 10.1 Å². The van der Waals surface area contributed by atoms with Gasteiger partial charge in [0.1, 0.15) is 6.10 Å². The van der Waals surface area contributed by atoms with Gasteiger partial charge in [-0.15, -0.1) is 0 Å². The van der Waals surface area contributed by atoms with E-state index in [4.69, 9.17) is 14.0 Å². The monoisotopic (exact) mass is 272 g/mol. The lowest BCUT2D eigenvalue weighted by Gasteiger charge is -2.21. The predicted octanol–water partition coefficient (Wildman–Crippen LogP) is 2.44. The molecule has 102 valence electrons. The summed E-state index contributed by atoms with van der Waals surface area (Å²) in [7, 11) is 1.64. The van der Waals surface area contributed by atoms with Crippen LogP contribution in [0.4, 0.5) is 0 Å². The van der Waals surface area contributed by atoms with E-state index in [2.05, 4.69) is 10.1 Å². The van der Waals surface area contributed by atoms with Crippen LogP contribution in [0.25, 0.3) is 0 Å². The zero-order valence-corrected chi connectivity index (χ0v) is 11.7. The number of rotatable bonds is 6. The van der Waals surface area contributed by atoms with Gasteiger partial charge in [-0.3, -0.25) is 0 Å². The van der Waals surface area contributed by atoms with E-state index < -0.39 is 0 Å². The number of thioether (sulfide) groups is 1. The molecule has 1 aromatic rings. The van der Waals surface area contributed by atoms with Crippen LogP contribution in [0.15, 0.2) is 4.52 Å². The number of aromatic nitrogens is 2. The van der Waals surface area contributed by atoms with E-state index in [9.17, 15) is 0 Å². The third kappa shape index (κ3) is 3.96. The molecule has 0 spiro atoms. The predicted molar refractivity (Wildman–Crippen MR) is 69.4 cm³/mol. The summed E-state index contributed by atoms with van der Waals surface area (Å²) in [6, 6.07) is 0. The minimum atomic E-state index is -0.108. The number of ether oxygens (including phenoxy) is 2. The number of hydrogen-bond acceptors (Lipinski definition) is 6. The Labute approximate surface area is 112 Å². The highest BCUT2D eigenvalue weighted by molar-refractivity contribution is 7.98. The first-order chi connectivity index (χ1) is 8.79. The van der Waals surface area contributed by atoms with E-state index >= 15 is 0 Å². The molecule has 1 saturated heterocycles. The first kappa shape index (κ1) is 13.8. The topological polar surface area (TPSA) is 57.4 Å². The molecule has 0 bridgehead atoms. The minimum absolute atomic E-state index is 0.108. The van der Waals surface area contributed by atoms with Crippen LogP contribution in [0.1, 0.15) is 37.6 Å². The van der Waals surface area contributed by atoms with Crippen molar-refractivity contribution in [3.05, 3.63) is 11.7 Å². The molecular weight excluding hydrogens is 252 g/mol. The lowest BCUT2D eigenvalue weighted by atomic mass is 10.0. The Kier molecular flexibility index (Phi) is 5.46. The number of hydrogen-bond donors (Lipinski definition) is 0. The van der Waals surface area contributed by atoms with Gasteiger partial charge in [0.15, 0.2) is 5.82 Å². The quantitative estimate of drug-likeness (QED) is 0.792. The Hall–Kier alpha value is -0.590. The van der Waals surface area contributed by atoms with Gasteiger partial charge in [-0.05, 0) is 31.4 Å². The van der Waals surface area contributed by atoms with Crippen LogP contribution in [0.2, 0.25) is 0 Å². The molecule has 0 aromatic carbocycles. The van der Waals surface area contributed by atoms with Gasteiger partial charge in [0.05, 0.1) is 5.75 Å². The van der Waals surface area contributed by atoms with Gasteiger partial charge in [0, 0.05) is 20.3 Å². The van der Waals surface area contributed by atoms with Crippen LogP contribution in [0.3, 0.4) is 0 Å². The zero-order chi connectivity index (χ0) is 12.8. The van der Waals surface area contributed by atoms with Crippen LogP contribution in [0, 0.1) is 5.92 Å². The molecule has 0 aliphatic carbocycles. The second kappa shape index (κ2) is 7.11. The van der Waals surface area contributed by atoms with Gasteiger partial charge in [-0.1, -0.05) is 5.16 Å². The molecule has 2 heterocycles. The van der Waals surface area contributed by atoms with Crippen molar-refractivity contribution in [2.45, 2.75) is 31.6 Å². The maximum atomic E-state index is 5.34. The van der Waals surface area contributed by atoms with Crippen molar-refractivity contribution in [2.75, 3.05) is 26.1 Å². The lowest BCUT2D eigenvalue weighted by Crippen LogP contribution is -2.17. The van der Waals surface area contributed by atoms with Crippen molar-refractivity contribution < 1.29 is 14.0 Å². The number of methoxy groups -OCH3 is 1. The maximum absolute atomic E-state index is 5.34. The minimum Gasteiger partial charge on any atom is -0.381 e. The molecule has 1 aliphatic heterocycles. The largest absolute Gasteiger partial charge is 0.381 e. The summed E-state index contributed by atoms with van der Waals surface area (Å²) in [6.45, 7) is 3.71. The Morgan fingerprint density at radius 1 is 1.44 bits per heavy atom. The second-order valence-corrected chi connectivity index (χ2v) is 5.53. The molecule has 0 radical (unpaired) electrons. The van der Waals surface area contributed by atoms with Crippen LogP contribution in [-0.4, -0.2) is 36.2 Å². The van der Waals surface area contributed by atoms with Crippen molar-refractivity contribution in [3.8, 4) is 0 Å². The standard InChI is InChI=1S/C12H20N2O3S/c1-9(15-2)12-13-11(17-14-12)8-18-7-10-3-5-16-6-4-10/h9-10H,3-8H2,1-2H3/t9-/m0/s1. The van der Waals surface area contributed by atoms with Gasteiger partial charge >= 0.3 is 0 Å². The van der Waals surface area contributed by atoms with Crippen molar-refractivity contribution in [3.63, 3.8) is 0 Å². The molecule has 6 heteroatoms. The van der Waals surface area contributed by atoms with Crippen molar-refractivity contribution in [2.24, 2.45) is 5.92 Å². The van der Waals surface area contributed by atoms with E-state index in [0.717, 1.165) is 30.6 Å². The van der Waals surface area contributed by atoms with Gasteiger partial charge < -0.3 is 14.0 Å². The summed E-state index contributed by atoms with van der Waals surface area (Å²) in [5.74, 6) is 4.00. The number of nitrogens with zero attached hydrogens (tertiary/aromatic N) is 2. The Morgan fingerprint density at radius 2 is 2.22 bits per heavy atom. The van der Waals surface area contributed by atoms with Crippen molar-refractivity contribution >= 4 is 11.8 Å². The summed E-state index contributed by atoms with van der Waals surface area (Å²) in [4.78, 5) is 4.32. The molecule has 0 N–H and O–H groups in total. The molecule has 1 atom stereocenters. The molecule has 1 aliphatic rings. The van der Waals surface area contributed by atoms with Crippen LogP contribution in [-0.2, 0) is 15.2 Å². The van der Waals surface area contributed by atoms with E-state index in [1.54, 1.807) is 7.11 Å². The van der Waals surface area contributed by atoms with E-state index in [1.807, 2.05) is 18.7 Å². The summed E-state index contributed by atoms with van der Waals surface area (Å²) >= 11 is 1.85. The lowest BCUT2D eigenvalue weighted by molar-refractivity contribution is 0.0728. The first-order valence-corrected chi connectivity index (χ1v) is 7.46. The van der Waals surface area contributed by atoms with Gasteiger partial charge in [0.25, 0.3) is 0 Å². The van der Waals surface area contributed by atoms with Gasteiger partial charge in [-0.2, -0.15) is 16.7 Å². The molecule has 1 fully saturated rings. The SMILES string of the molecule is CO[C@@H](C)c1noc(CSCC2CCOCC2)n1. The highest BCUT2D eigenvalue weighted by Gasteiger charge is 2.16. The van der Waals surface area contributed by atoms with E-state index in [1.165, 1.54) is 12.8 Å². The van der Waals surface area contributed by atoms with Crippen molar-refractivity contribution in [1.29, 1.82) is 0 Å². The summed E-state index contributed by atoms with van der Waals surface area (Å²) in [5, 5.41) is 3.91. The van der Waals surface area contributed by atoms with Crippen LogP contribution in [0.5, 0.6) is 0 Å². The van der Waals surface area contributed by atoms with E-state index in [0.29, 0.717) is 11.7 Å². The van der Waals surface area contributed by atoms with Gasteiger partial charge in [0.2, 0.25) is 5.89 Å². The summed E-state index contributed by atoms with van der Waals surface area (Å²) < 4.78 is 15.7. The molecule has 18 heavy (non-hydrogen) atoms. The van der Waals surface area contributed by atoms with Crippen LogP contribution < -0.4 is 0 Å². The fourth-order valence-corrected chi connectivity index (χ4v) is 2.90. The van der Waals surface area contributed by atoms with Crippen LogP contribution >= 0.6 is 11.8 Å². The Balaban J connectivity index is 1.71. The summed E-state index contributed by atoms with van der Waals surface area (Å²) in [6.07, 6.45) is 2.23. The zero-order valence-electron chi connectivity index (χ0n) is 10.9. The fraction of sp³-hybridized carbons (Fsp3) is 0.833. The molecular formula is C12H20N2O3S. The Morgan fingerprint density at radius 3 is 2.94 bits per heavy atom. The molecule has 0 unspecified atom stereocenters. The molecule has 5 nitrogen and oxygen atoms in total. The fourth-order valence-electron chi connectivity index (χ4n) is 1.82. The molecule has 0 saturated carbocycles. The highest BCUT2D eigenvalue weighted by atomic mass is 32.2. The maximum Gasteiger partial charge on any atom is 0.236 e. The van der Waals surface area contributed by atoms with Gasteiger partial charge in [-0.25, -0.2) is 0 Å².